The van der Waals surface area contributed by atoms with Gasteiger partial charge in [0.25, 0.3) is 0 Å². The molecule has 2 aromatic carbocycles. The van der Waals surface area contributed by atoms with Crippen molar-refractivity contribution < 1.29 is 9.53 Å². The number of allylic oxidation sites excluding steroid dienone is 1. The SMILES string of the molecule is C=CCn1c(SCC(=O)Nc2cccc(Cl)c2)nnc1C(C)Oc1ccc(C)cc1C. The van der Waals surface area contributed by atoms with Crippen molar-refractivity contribution in [1.29, 1.82) is 0 Å². The first-order valence-corrected chi connectivity index (χ1v) is 11.2. The predicted octanol–water partition coefficient (Wildman–Crippen LogP) is 5.61. The van der Waals surface area contributed by atoms with Crippen LogP contribution in [0.5, 0.6) is 5.75 Å². The molecule has 1 atom stereocenters. The summed E-state index contributed by atoms with van der Waals surface area (Å²) in [6, 6.07) is 13.1. The van der Waals surface area contributed by atoms with Crippen LogP contribution >= 0.6 is 23.4 Å². The fraction of sp³-hybridized carbons (Fsp3) is 0.261. The van der Waals surface area contributed by atoms with Crippen molar-refractivity contribution in [2.45, 2.75) is 38.6 Å². The molecule has 3 aromatic rings. The Hall–Kier alpha value is -2.77. The molecule has 31 heavy (non-hydrogen) atoms. The minimum atomic E-state index is -0.316. The van der Waals surface area contributed by atoms with E-state index in [9.17, 15) is 4.79 Å². The van der Waals surface area contributed by atoms with Crippen molar-refractivity contribution in [2.24, 2.45) is 0 Å². The Morgan fingerprint density at radius 1 is 1.29 bits per heavy atom. The van der Waals surface area contributed by atoms with E-state index in [0.717, 1.165) is 11.3 Å². The Bertz CT molecular complexity index is 1080. The largest absolute Gasteiger partial charge is 0.482 e. The highest BCUT2D eigenvalue weighted by Gasteiger charge is 2.20. The van der Waals surface area contributed by atoms with Gasteiger partial charge in [-0.25, -0.2) is 0 Å². The first-order valence-electron chi connectivity index (χ1n) is 9.83. The van der Waals surface area contributed by atoms with E-state index in [2.05, 4.69) is 28.2 Å². The van der Waals surface area contributed by atoms with Crippen LogP contribution in [0.25, 0.3) is 0 Å². The number of hydrogen-bond donors (Lipinski definition) is 1. The molecule has 0 spiro atoms. The third-order valence-electron chi connectivity index (χ3n) is 4.50. The highest BCUT2D eigenvalue weighted by Crippen LogP contribution is 2.27. The maximum absolute atomic E-state index is 12.3. The molecule has 0 aliphatic heterocycles. The molecule has 1 amide bonds. The van der Waals surface area contributed by atoms with Crippen LogP contribution in [0.1, 0.15) is 30.0 Å². The number of aryl methyl sites for hydroxylation is 2. The van der Waals surface area contributed by atoms with Crippen LogP contribution in [0, 0.1) is 13.8 Å². The Morgan fingerprint density at radius 3 is 2.81 bits per heavy atom. The van der Waals surface area contributed by atoms with Crippen LogP contribution in [-0.4, -0.2) is 26.4 Å². The second kappa shape index (κ2) is 10.5. The molecule has 1 N–H and O–H groups in total. The molecule has 1 aromatic heterocycles. The number of ether oxygens (including phenoxy) is 1. The van der Waals surface area contributed by atoms with Gasteiger partial charge in [0, 0.05) is 17.3 Å². The van der Waals surface area contributed by atoms with Crippen molar-refractivity contribution in [1.82, 2.24) is 14.8 Å². The third kappa shape index (κ3) is 6.12. The molecule has 162 valence electrons. The number of carbonyl (C=O) groups excluding carboxylic acids is 1. The van der Waals surface area contributed by atoms with Gasteiger partial charge < -0.3 is 10.1 Å². The fourth-order valence-electron chi connectivity index (χ4n) is 3.08. The van der Waals surface area contributed by atoms with Crippen molar-refractivity contribution in [3.8, 4) is 5.75 Å². The topological polar surface area (TPSA) is 69.0 Å². The molecule has 0 saturated carbocycles. The zero-order chi connectivity index (χ0) is 22.4. The van der Waals surface area contributed by atoms with Gasteiger partial charge in [-0.15, -0.1) is 16.8 Å². The van der Waals surface area contributed by atoms with Crippen LogP contribution in [0.4, 0.5) is 5.69 Å². The second-order valence-electron chi connectivity index (χ2n) is 7.12. The Morgan fingerprint density at radius 2 is 2.10 bits per heavy atom. The van der Waals surface area contributed by atoms with Crippen LogP contribution in [0.15, 0.2) is 60.3 Å². The van der Waals surface area contributed by atoms with Gasteiger partial charge in [-0.3, -0.25) is 9.36 Å². The lowest BCUT2D eigenvalue weighted by atomic mass is 10.1. The number of amides is 1. The van der Waals surface area contributed by atoms with E-state index in [0.29, 0.717) is 28.2 Å². The normalized spacial score (nSPS) is 11.7. The van der Waals surface area contributed by atoms with Gasteiger partial charge in [0.1, 0.15) is 5.75 Å². The molecule has 0 fully saturated rings. The Labute approximate surface area is 191 Å². The van der Waals surface area contributed by atoms with Crippen molar-refractivity contribution in [3.05, 3.63) is 77.1 Å². The van der Waals surface area contributed by atoms with Gasteiger partial charge in [-0.05, 0) is 50.6 Å². The monoisotopic (exact) mass is 456 g/mol. The summed E-state index contributed by atoms with van der Waals surface area (Å²) in [5.74, 6) is 1.52. The molecule has 8 heteroatoms. The molecule has 0 aliphatic rings. The first-order chi connectivity index (χ1) is 14.9. The quantitative estimate of drug-likeness (QED) is 0.335. The number of rotatable bonds is 9. The molecule has 1 heterocycles. The number of halogens is 1. The minimum absolute atomic E-state index is 0.151. The summed E-state index contributed by atoms with van der Waals surface area (Å²) >= 11 is 7.27. The molecule has 0 saturated heterocycles. The van der Waals surface area contributed by atoms with Gasteiger partial charge in [0.05, 0.1) is 5.75 Å². The van der Waals surface area contributed by atoms with E-state index in [1.807, 2.05) is 37.5 Å². The van der Waals surface area contributed by atoms with E-state index < -0.39 is 0 Å². The summed E-state index contributed by atoms with van der Waals surface area (Å²) in [6.07, 6.45) is 1.45. The number of anilines is 1. The Kier molecular flexibility index (Phi) is 7.76. The van der Waals surface area contributed by atoms with E-state index >= 15 is 0 Å². The molecular formula is C23H25ClN4O2S. The van der Waals surface area contributed by atoms with Crippen LogP contribution in [0.3, 0.4) is 0 Å². The van der Waals surface area contributed by atoms with Crippen LogP contribution in [-0.2, 0) is 11.3 Å². The summed E-state index contributed by atoms with van der Waals surface area (Å²) < 4.78 is 8.06. The zero-order valence-corrected chi connectivity index (χ0v) is 19.3. The number of nitrogens with one attached hydrogen (secondary N) is 1. The fourth-order valence-corrected chi connectivity index (χ4v) is 4.02. The summed E-state index contributed by atoms with van der Waals surface area (Å²) in [7, 11) is 0. The average molecular weight is 457 g/mol. The van der Waals surface area contributed by atoms with E-state index in [4.69, 9.17) is 16.3 Å². The van der Waals surface area contributed by atoms with Crippen LogP contribution in [0.2, 0.25) is 5.02 Å². The highest BCUT2D eigenvalue weighted by molar-refractivity contribution is 7.99. The lowest BCUT2D eigenvalue weighted by Gasteiger charge is -2.17. The standard InChI is InChI=1S/C23H25ClN4O2S/c1-5-11-28-22(17(4)30-20-10-9-15(2)12-16(20)3)26-27-23(28)31-14-21(29)25-19-8-6-7-18(24)13-19/h5-10,12-13,17H,1,11,14H2,2-4H3,(H,25,29). The van der Waals surface area contributed by atoms with Gasteiger partial charge >= 0.3 is 0 Å². The number of aromatic nitrogens is 3. The Balaban J connectivity index is 1.69. The van der Waals surface area contributed by atoms with E-state index in [-0.39, 0.29) is 17.8 Å². The van der Waals surface area contributed by atoms with Gasteiger partial charge in [0.2, 0.25) is 5.91 Å². The molecule has 1 unspecified atom stereocenters. The maximum Gasteiger partial charge on any atom is 0.234 e. The molecule has 0 aliphatic carbocycles. The van der Waals surface area contributed by atoms with E-state index in [1.165, 1.54) is 17.3 Å². The number of hydrogen-bond acceptors (Lipinski definition) is 5. The van der Waals surface area contributed by atoms with Crippen molar-refractivity contribution in [3.63, 3.8) is 0 Å². The smallest absolute Gasteiger partial charge is 0.234 e. The lowest BCUT2D eigenvalue weighted by Crippen LogP contribution is -2.15. The average Bonchev–Trinajstić information content (AvgIpc) is 3.11. The van der Waals surface area contributed by atoms with Crippen molar-refractivity contribution in [2.75, 3.05) is 11.1 Å². The van der Waals surface area contributed by atoms with Gasteiger partial charge in [-0.2, -0.15) is 0 Å². The molecular weight excluding hydrogens is 432 g/mol. The molecule has 0 radical (unpaired) electrons. The van der Waals surface area contributed by atoms with Crippen molar-refractivity contribution >= 4 is 35.0 Å². The number of nitrogens with zero attached hydrogens (tertiary/aromatic N) is 3. The maximum atomic E-state index is 12.3. The van der Waals surface area contributed by atoms with Gasteiger partial charge in [0.15, 0.2) is 17.1 Å². The lowest BCUT2D eigenvalue weighted by molar-refractivity contribution is -0.113. The van der Waals surface area contributed by atoms with E-state index in [1.54, 1.807) is 30.3 Å². The molecule has 6 nitrogen and oxygen atoms in total. The number of benzene rings is 2. The van der Waals surface area contributed by atoms with Crippen LogP contribution < -0.4 is 10.1 Å². The minimum Gasteiger partial charge on any atom is -0.482 e. The summed E-state index contributed by atoms with van der Waals surface area (Å²) in [4.78, 5) is 12.3. The summed E-state index contributed by atoms with van der Waals surface area (Å²) in [5, 5.41) is 12.6. The highest BCUT2D eigenvalue weighted by atomic mass is 35.5. The first kappa shape index (κ1) is 22.9. The summed E-state index contributed by atoms with van der Waals surface area (Å²) in [5.41, 5.74) is 2.90. The molecule has 3 rings (SSSR count). The van der Waals surface area contributed by atoms with Gasteiger partial charge in [-0.1, -0.05) is 53.2 Å². The summed E-state index contributed by atoms with van der Waals surface area (Å²) in [6.45, 7) is 10.3. The zero-order valence-electron chi connectivity index (χ0n) is 17.8. The number of thioether (sulfide) groups is 1. The third-order valence-corrected chi connectivity index (χ3v) is 5.70. The molecule has 0 bridgehead atoms. The second-order valence-corrected chi connectivity index (χ2v) is 8.50. The predicted molar refractivity (Wildman–Crippen MR) is 126 cm³/mol. The number of carbonyl (C=O) groups is 1.